The fourth-order valence-electron chi connectivity index (χ4n) is 2.43. The van der Waals surface area contributed by atoms with E-state index in [1.54, 1.807) is 0 Å². The van der Waals surface area contributed by atoms with Gasteiger partial charge in [0.25, 0.3) is 0 Å². The molecule has 1 aromatic rings. The van der Waals surface area contributed by atoms with Crippen molar-refractivity contribution in [1.82, 2.24) is 10.2 Å². The third kappa shape index (κ3) is 3.47. The fourth-order valence-corrected chi connectivity index (χ4v) is 2.43. The molecule has 0 aromatic heterocycles. The first kappa shape index (κ1) is 13.4. The van der Waals surface area contributed by atoms with Crippen molar-refractivity contribution < 1.29 is 4.74 Å². The summed E-state index contributed by atoms with van der Waals surface area (Å²) >= 11 is 0. The first-order chi connectivity index (χ1) is 8.69. The molecule has 0 saturated carbocycles. The van der Waals surface area contributed by atoms with Crippen LogP contribution in [0.15, 0.2) is 18.2 Å². The van der Waals surface area contributed by atoms with Crippen LogP contribution in [-0.4, -0.2) is 43.7 Å². The Balaban J connectivity index is 1.79. The molecule has 0 unspecified atom stereocenters. The molecule has 1 aliphatic rings. The Morgan fingerprint density at radius 1 is 1.22 bits per heavy atom. The van der Waals surface area contributed by atoms with Crippen LogP contribution < -0.4 is 10.1 Å². The van der Waals surface area contributed by atoms with Gasteiger partial charge in [0.2, 0.25) is 0 Å². The van der Waals surface area contributed by atoms with Crippen LogP contribution in [0.5, 0.6) is 5.75 Å². The summed E-state index contributed by atoms with van der Waals surface area (Å²) in [6, 6.07) is 7.09. The van der Waals surface area contributed by atoms with Crippen LogP contribution in [0.25, 0.3) is 0 Å². The lowest BCUT2D eigenvalue weighted by Gasteiger charge is -2.37. The molecule has 1 saturated heterocycles. The lowest BCUT2D eigenvalue weighted by molar-refractivity contribution is 0.128. The topological polar surface area (TPSA) is 24.5 Å². The Hall–Kier alpha value is -1.06. The Morgan fingerprint density at radius 3 is 2.39 bits per heavy atom. The van der Waals surface area contributed by atoms with Crippen molar-refractivity contribution in [3.8, 4) is 5.75 Å². The maximum Gasteiger partial charge on any atom is 0.119 e. The summed E-state index contributed by atoms with van der Waals surface area (Å²) in [5.41, 5.74) is 2.53. The van der Waals surface area contributed by atoms with Gasteiger partial charge >= 0.3 is 0 Å². The quantitative estimate of drug-likeness (QED) is 0.833. The van der Waals surface area contributed by atoms with Crippen molar-refractivity contribution in [3.63, 3.8) is 0 Å². The lowest BCUT2D eigenvalue weighted by Crippen LogP contribution is -2.57. The zero-order chi connectivity index (χ0) is 13.0. The minimum Gasteiger partial charge on any atom is -0.492 e. The van der Waals surface area contributed by atoms with Gasteiger partial charge in [-0.3, -0.25) is 4.90 Å². The summed E-state index contributed by atoms with van der Waals surface area (Å²) in [4.78, 5) is 2.49. The van der Waals surface area contributed by atoms with Crippen molar-refractivity contribution >= 4 is 0 Å². The minimum atomic E-state index is 0.706. The van der Waals surface area contributed by atoms with Crippen molar-refractivity contribution in [1.29, 1.82) is 0 Å². The third-order valence-corrected chi connectivity index (χ3v) is 3.52. The summed E-state index contributed by atoms with van der Waals surface area (Å²) in [6.45, 7) is 11.6. The van der Waals surface area contributed by atoms with Gasteiger partial charge in [0.1, 0.15) is 12.4 Å². The van der Waals surface area contributed by atoms with Crippen LogP contribution in [0.4, 0.5) is 0 Å². The number of hydrogen-bond acceptors (Lipinski definition) is 3. The van der Waals surface area contributed by atoms with Crippen molar-refractivity contribution in [3.05, 3.63) is 29.3 Å². The second-order valence-corrected chi connectivity index (χ2v) is 5.11. The second kappa shape index (κ2) is 6.21. The van der Waals surface area contributed by atoms with Gasteiger partial charge < -0.3 is 10.1 Å². The summed E-state index contributed by atoms with van der Waals surface area (Å²) in [5.74, 6) is 0.996. The number of benzene rings is 1. The van der Waals surface area contributed by atoms with Gasteiger partial charge in [-0.1, -0.05) is 13.0 Å². The van der Waals surface area contributed by atoms with Gasteiger partial charge in [-0.25, -0.2) is 0 Å². The fraction of sp³-hybridized carbons (Fsp3) is 0.600. The maximum atomic E-state index is 5.86. The summed E-state index contributed by atoms with van der Waals surface area (Å²) < 4.78 is 5.86. The highest BCUT2D eigenvalue weighted by atomic mass is 16.5. The lowest BCUT2D eigenvalue weighted by atomic mass is 10.1. The monoisotopic (exact) mass is 248 g/mol. The Bertz CT molecular complexity index is 368. The van der Waals surface area contributed by atoms with Gasteiger partial charge in [0, 0.05) is 25.7 Å². The van der Waals surface area contributed by atoms with Crippen molar-refractivity contribution in [2.75, 3.05) is 32.8 Å². The summed E-state index contributed by atoms with van der Waals surface area (Å²) in [6.07, 6.45) is 0. The van der Waals surface area contributed by atoms with Crippen LogP contribution in [0.3, 0.4) is 0 Å². The van der Waals surface area contributed by atoms with E-state index in [0.717, 1.165) is 38.5 Å². The molecule has 1 aliphatic heterocycles. The van der Waals surface area contributed by atoms with Crippen molar-refractivity contribution in [2.24, 2.45) is 0 Å². The zero-order valence-electron chi connectivity index (χ0n) is 11.7. The smallest absolute Gasteiger partial charge is 0.119 e. The highest BCUT2D eigenvalue weighted by Crippen LogP contribution is 2.16. The normalized spacial score (nSPS) is 15.8. The van der Waals surface area contributed by atoms with E-state index in [4.69, 9.17) is 4.74 Å². The molecule has 3 heteroatoms. The Labute approximate surface area is 110 Å². The van der Waals surface area contributed by atoms with Crippen LogP contribution in [-0.2, 0) is 0 Å². The summed E-state index contributed by atoms with van der Waals surface area (Å²) in [7, 11) is 0. The number of rotatable bonds is 6. The Morgan fingerprint density at radius 2 is 1.89 bits per heavy atom. The van der Waals surface area contributed by atoms with E-state index in [9.17, 15) is 0 Å². The molecule has 0 spiro atoms. The first-order valence-corrected chi connectivity index (χ1v) is 6.85. The molecule has 0 amide bonds. The van der Waals surface area contributed by atoms with Gasteiger partial charge in [-0.2, -0.15) is 0 Å². The largest absolute Gasteiger partial charge is 0.492 e. The van der Waals surface area contributed by atoms with Crippen LogP contribution in [0.2, 0.25) is 0 Å². The number of ether oxygens (including phenoxy) is 1. The van der Waals surface area contributed by atoms with Gasteiger partial charge in [0.15, 0.2) is 0 Å². The molecule has 3 nitrogen and oxygen atoms in total. The standard InChI is InChI=1S/C15H24N2O/c1-4-17(14-10-16-11-14)5-6-18-15-8-12(2)7-13(3)9-15/h7-9,14,16H,4-6,10-11H2,1-3H3. The molecule has 0 atom stereocenters. The molecular weight excluding hydrogens is 224 g/mol. The zero-order valence-corrected chi connectivity index (χ0v) is 11.7. The van der Waals surface area contributed by atoms with Gasteiger partial charge in [-0.15, -0.1) is 0 Å². The highest BCUT2D eigenvalue weighted by molar-refractivity contribution is 5.32. The molecule has 0 aliphatic carbocycles. The predicted octanol–water partition coefficient (Wildman–Crippen LogP) is 1.98. The molecule has 1 N–H and O–H groups in total. The molecule has 0 bridgehead atoms. The van der Waals surface area contributed by atoms with E-state index in [-0.39, 0.29) is 0 Å². The molecule has 1 heterocycles. The third-order valence-electron chi connectivity index (χ3n) is 3.52. The molecule has 2 rings (SSSR count). The van der Waals surface area contributed by atoms with Gasteiger partial charge in [-0.05, 0) is 43.7 Å². The molecule has 1 fully saturated rings. The highest BCUT2D eigenvalue weighted by Gasteiger charge is 2.22. The minimum absolute atomic E-state index is 0.706. The Kier molecular flexibility index (Phi) is 4.61. The second-order valence-electron chi connectivity index (χ2n) is 5.11. The first-order valence-electron chi connectivity index (χ1n) is 6.85. The molecular formula is C15H24N2O. The van der Waals surface area contributed by atoms with Gasteiger partial charge in [0.05, 0.1) is 0 Å². The molecule has 100 valence electrons. The van der Waals surface area contributed by atoms with Crippen LogP contribution in [0.1, 0.15) is 18.1 Å². The van der Waals surface area contributed by atoms with Crippen molar-refractivity contribution in [2.45, 2.75) is 26.8 Å². The van der Waals surface area contributed by atoms with E-state index in [2.05, 4.69) is 49.2 Å². The number of likely N-dealkylation sites (N-methyl/N-ethyl adjacent to an activating group) is 1. The van der Waals surface area contributed by atoms with E-state index >= 15 is 0 Å². The van der Waals surface area contributed by atoms with E-state index in [1.165, 1.54) is 11.1 Å². The average Bonchev–Trinajstić information content (AvgIpc) is 2.23. The van der Waals surface area contributed by atoms with Crippen LogP contribution in [0, 0.1) is 13.8 Å². The maximum absolute atomic E-state index is 5.86. The number of aryl methyl sites for hydroxylation is 2. The SMILES string of the molecule is CCN(CCOc1cc(C)cc(C)c1)C1CNC1. The molecule has 0 radical (unpaired) electrons. The predicted molar refractivity (Wildman–Crippen MR) is 75.3 cm³/mol. The molecule has 18 heavy (non-hydrogen) atoms. The van der Waals surface area contributed by atoms with E-state index in [1.807, 2.05) is 0 Å². The summed E-state index contributed by atoms with van der Waals surface area (Å²) in [5, 5.41) is 3.32. The number of nitrogens with one attached hydrogen (secondary N) is 1. The average molecular weight is 248 g/mol. The number of hydrogen-bond donors (Lipinski definition) is 1. The van der Waals surface area contributed by atoms with E-state index < -0.39 is 0 Å². The number of nitrogens with zero attached hydrogens (tertiary/aromatic N) is 1. The molecule has 1 aromatic carbocycles. The van der Waals surface area contributed by atoms with Crippen LogP contribution >= 0.6 is 0 Å². The van der Waals surface area contributed by atoms with E-state index in [0.29, 0.717) is 6.04 Å².